The monoisotopic (exact) mass is 266 g/mol. The van der Waals surface area contributed by atoms with E-state index in [1.807, 2.05) is 0 Å². The minimum Gasteiger partial charge on any atom is -0.326 e. The Morgan fingerprint density at radius 1 is 1.21 bits per heavy atom. The summed E-state index contributed by atoms with van der Waals surface area (Å²) in [4.78, 5) is 2.74. The lowest BCUT2D eigenvalue weighted by molar-refractivity contribution is 0.103. The van der Waals surface area contributed by atoms with E-state index in [1.54, 1.807) is 0 Å². The highest BCUT2D eigenvalue weighted by atomic mass is 15.2. The van der Waals surface area contributed by atoms with E-state index in [4.69, 9.17) is 5.73 Å². The molecule has 2 nitrogen and oxygen atoms in total. The summed E-state index contributed by atoms with van der Waals surface area (Å²) in [6.45, 7) is 12.1. The SMILES string of the molecule is CCC1(CC)CCN(C2CC(C(C)C)CCC2N)C1. The molecule has 2 aliphatic rings. The van der Waals surface area contributed by atoms with E-state index < -0.39 is 0 Å². The molecule has 0 aromatic carbocycles. The predicted molar refractivity (Wildman–Crippen MR) is 83.1 cm³/mol. The number of hydrogen-bond acceptors (Lipinski definition) is 2. The van der Waals surface area contributed by atoms with Crippen LogP contribution in [0.4, 0.5) is 0 Å². The molecule has 1 saturated carbocycles. The van der Waals surface area contributed by atoms with Gasteiger partial charge in [0.15, 0.2) is 0 Å². The normalized spacial score (nSPS) is 36.0. The highest BCUT2D eigenvalue weighted by Gasteiger charge is 2.41. The predicted octanol–water partition coefficient (Wildman–Crippen LogP) is 3.65. The summed E-state index contributed by atoms with van der Waals surface area (Å²) in [6.07, 6.45) is 7.95. The van der Waals surface area contributed by atoms with Gasteiger partial charge in [-0.15, -0.1) is 0 Å². The Morgan fingerprint density at radius 3 is 2.42 bits per heavy atom. The maximum atomic E-state index is 6.45. The van der Waals surface area contributed by atoms with Gasteiger partial charge in [-0.25, -0.2) is 0 Å². The molecule has 0 amide bonds. The standard InChI is InChI=1S/C17H34N2/c1-5-17(6-2)9-10-19(12-17)16-11-14(13(3)4)7-8-15(16)18/h13-16H,5-12,18H2,1-4H3. The van der Waals surface area contributed by atoms with Crippen LogP contribution < -0.4 is 5.73 Å². The Kier molecular flexibility index (Phi) is 4.94. The van der Waals surface area contributed by atoms with Gasteiger partial charge in [0.05, 0.1) is 0 Å². The van der Waals surface area contributed by atoms with Crippen molar-refractivity contribution in [3.05, 3.63) is 0 Å². The molecule has 1 aliphatic carbocycles. The zero-order valence-corrected chi connectivity index (χ0v) is 13.5. The van der Waals surface area contributed by atoms with Crippen molar-refractivity contribution in [2.75, 3.05) is 13.1 Å². The van der Waals surface area contributed by atoms with Gasteiger partial charge >= 0.3 is 0 Å². The highest BCUT2D eigenvalue weighted by molar-refractivity contribution is 4.96. The van der Waals surface area contributed by atoms with Crippen molar-refractivity contribution < 1.29 is 0 Å². The van der Waals surface area contributed by atoms with Gasteiger partial charge in [-0.2, -0.15) is 0 Å². The maximum absolute atomic E-state index is 6.45. The molecule has 2 heteroatoms. The van der Waals surface area contributed by atoms with Crippen LogP contribution >= 0.6 is 0 Å². The van der Waals surface area contributed by atoms with Gasteiger partial charge in [0, 0.05) is 18.6 Å². The highest BCUT2D eigenvalue weighted by Crippen LogP contribution is 2.41. The van der Waals surface area contributed by atoms with Gasteiger partial charge < -0.3 is 5.73 Å². The Hall–Kier alpha value is -0.0800. The van der Waals surface area contributed by atoms with Gasteiger partial charge in [-0.1, -0.05) is 27.7 Å². The molecule has 19 heavy (non-hydrogen) atoms. The average Bonchev–Trinajstić information content (AvgIpc) is 2.84. The number of rotatable bonds is 4. The first kappa shape index (κ1) is 15.3. The van der Waals surface area contributed by atoms with Gasteiger partial charge in [0.2, 0.25) is 0 Å². The molecule has 0 aromatic rings. The third kappa shape index (κ3) is 3.16. The zero-order chi connectivity index (χ0) is 14.0. The van der Waals surface area contributed by atoms with Crippen molar-refractivity contribution in [2.45, 2.75) is 78.3 Å². The van der Waals surface area contributed by atoms with Crippen LogP contribution in [0.1, 0.15) is 66.2 Å². The average molecular weight is 266 g/mol. The molecular weight excluding hydrogens is 232 g/mol. The van der Waals surface area contributed by atoms with Crippen molar-refractivity contribution in [2.24, 2.45) is 23.0 Å². The van der Waals surface area contributed by atoms with Crippen LogP contribution in [-0.2, 0) is 0 Å². The molecule has 2 rings (SSSR count). The number of nitrogens with two attached hydrogens (primary N) is 1. The van der Waals surface area contributed by atoms with E-state index in [0.29, 0.717) is 17.5 Å². The summed E-state index contributed by atoms with van der Waals surface area (Å²) in [7, 11) is 0. The number of hydrogen-bond donors (Lipinski definition) is 1. The molecule has 0 radical (unpaired) electrons. The van der Waals surface area contributed by atoms with Crippen LogP contribution in [0.5, 0.6) is 0 Å². The topological polar surface area (TPSA) is 29.3 Å². The Labute approximate surface area is 120 Å². The van der Waals surface area contributed by atoms with Gasteiger partial charge in [0.25, 0.3) is 0 Å². The largest absolute Gasteiger partial charge is 0.326 e. The molecule has 0 aromatic heterocycles. The Morgan fingerprint density at radius 2 is 1.89 bits per heavy atom. The molecule has 112 valence electrons. The first-order chi connectivity index (χ1) is 9.01. The molecule has 1 aliphatic heterocycles. The second kappa shape index (κ2) is 6.13. The lowest BCUT2D eigenvalue weighted by Gasteiger charge is -2.41. The summed E-state index contributed by atoms with van der Waals surface area (Å²) >= 11 is 0. The number of likely N-dealkylation sites (tertiary alicyclic amines) is 1. The molecule has 0 bridgehead atoms. The molecular formula is C17H34N2. The Balaban J connectivity index is 2.00. The third-order valence-electron chi connectivity index (χ3n) is 6.29. The molecule has 1 saturated heterocycles. The summed E-state index contributed by atoms with van der Waals surface area (Å²) in [6, 6.07) is 1.07. The van der Waals surface area contributed by atoms with E-state index in [0.717, 1.165) is 11.8 Å². The molecule has 3 atom stereocenters. The van der Waals surface area contributed by atoms with E-state index in [1.165, 1.54) is 51.6 Å². The number of nitrogens with zero attached hydrogens (tertiary/aromatic N) is 1. The van der Waals surface area contributed by atoms with E-state index >= 15 is 0 Å². The second-order valence-corrected chi connectivity index (χ2v) is 7.48. The van der Waals surface area contributed by atoms with Crippen molar-refractivity contribution in [3.63, 3.8) is 0 Å². The minimum atomic E-state index is 0.416. The zero-order valence-electron chi connectivity index (χ0n) is 13.5. The fourth-order valence-electron chi connectivity index (χ4n) is 4.31. The fourth-order valence-corrected chi connectivity index (χ4v) is 4.31. The summed E-state index contributed by atoms with van der Waals surface area (Å²) < 4.78 is 0. The van der Waals surface area contributed by atoms with Crippen LogP contribution in [0, 0.1) is 17.3 Å². The lowest BCUT2D eigenvalue weighted by Crippen LogP contribution is -2.51. The van der Waals surface area contributed by atoms with Crippen LogP contribution in [0.15, 0.2) is 0 Å². The van der Waals surface area contributed by atoms with Crippen molar-refractivity contribution >= 4 is 0 Å². The quantitative estimate of drug-likeness (QED) is 0.841. The van der Waals surface area contributed by atoms with Gasteiger partial charge in [0.1, 0.15) is 0 Å². The van der Waals surface area contributed by atoms with Crippen molar-refractivity contribution in [1.82, 2.24) is 4.90 Å². The van der Waals surface area contributed by atoms with Crippen LogP contribution in [0.25, 0.3) is 0 Å². The second-order valence-electron chi connectivity index (χ2n) is 7.48. The van der Waals surface area contributed by atoms with Gasteiger partial charge in [-0.05, 0) is 62.3 Å². The van der Waals surface area contributed by atoms with Gasteiger partial charge in [-0.3, -0.25) is 4.90 Å². The smallest absolute Gasteiger partial charge is 0.0250 e. The van der Waals surface area contributed by atoms with Crippen LogP contribution in [-0.4, -0.2) is 30.1 Å². The maximum Gasteiger partial charge on any atom is 0.0250 e. The third-order valence-corrected chi connectivity index (χ3v) is 6.29. The first-order valence-electron chi connectivity index (χ1n) is 8.51. The van der Waals surface area contributed by atoms with E-state index in [2.05, 4.69) is 32.6 Å². The molecule has 2 N–H and O–H groups in total. The summed E-state index contributed by atoms with van der Waals surface area (Å²) in [5.41, 5.74) is 7.04. The molecule has 0 spiro atoms. The lowest BCUT2D eigenvalue weighted by atomic mass is 9.76. The fraction of sp³-hybridized carbons (Fsp3) is 1.00. The summed E-state index contributed by atoms with van der Waals surface area (Å²) in [5.74, 6) is 1.71. The minimum absolute atomic E-state index is 0.416. The van der Waals surface area contributed by atoms with E-state index in [9.17, 15) is 0 Å². The van der Waals surface area contributed by atoms with Crippen molar-refractivity contribution in [3.8, 4) is 0 Å². The van der Waals surface area contributed by atoms with E-state index in [-0.39, 0.29) is 0 Å². The molecule has 1 heterocycles. The first-order valence-corrected chi connectivity index (χ1v) is 8.51. The molecule has 3 unspecified atom stereocenters. The molecule has 2 fully saturated rings. The Bertz CT molecular complexity index is 283. The van der Waals surface area contributed by atoms with Crippen LogP contribution in [0.3, 0.4) is 0 Å². The van der Waals surface area contributed by atoms with Crippen molar-refractivity contribution in [1.29, 1.82) is 0 Å². The summed E-state index contributed by atoms with van der Waals surface area (Å²) in [5, 5.41) is 0. The van der Waals surface area contributed by atoms with Crippen LogP contribution in [0.2, 0.25) is 0 Å².